The van der Waals surface area contributed by atoms with Gasteiger partial charge in [-0.2, -0.15) is 0 Å². The van der Waals surface area contributed by atoms with Crippen LogP contribution in [0.4, 0.5) is 5.13 Å². The Bertz CT molecular complexity index is 512. The van der Waals surface area contributed by atoms with Crippen molar-refractivity contribution in [1.82, 2.24) is 15.3 Å². The number of rotatable bonds is 5. The number of nitrogens with one attached hydrogen (secondary N) is 2. The van der Waals surface area contributed by atoms with Crippen molar-refractivity contribution >= 4 is 22.4 Å². The van der Waals surface area contributed by atoms with Crippen molar-refractivity contribution < 1.29 is 4.79 Å². The molecule has 0 bridgehead atoms. The monoisotopic (exact) mass is 262 g/mol. The smallest absolute Gasteiger partial charge is 0.252 e. The molecule has 0 aliphatic rings. The van der Waals surface area contributed by atoms with Crippen LogP contribution in [0.3, 0.4) is 0 Å². The van der Waals surface area contributed by atoms with Crippen LogP contribution in [-0.4, -0.2) is 29.0 Å². The topological polar surface area (TPSA) is 66.9 Å². The van der Waals surface area contributed by atoms with E-state index in [1.54, 1.807) is 35.9 Å². The van der Waals surface area contributed by atoms with Gasteiger partial charge < -0.3 is 10.6 Å². The van der Waals surface area contributed by atoms with Crippen molar-refractivity contribution in [2.75, 3.05) is 18.4 Å². The highest BCUT2D eigenvalue weighted by atomic mass is 32.1. The molecule has 0 fully saturated rings. The number of carbonyl (C=O) groups is 1. The highest BCUT2D eigenvalue weighted by Crippen LogP contribution is 2.15. The Morgan fingerprint density at radius 3 is 2.94 bits per heavy atom. The average Bonchev–Trinajstić information content (AvgIpc) is 2.81. The Morgan fingerprint density at radius 2 is 2.28 bits per heavy atom. The number of hydrogen-bond acceptors (Lipinski definition) is 5. The van der Waals surface area contributed by atoms with Gasteiger partial charge in [-0.3, -0.25) is 9.78 Å². The maximum absolute atomic E-state index is 11.7. The SMILES string of the molecule is Cc1cnc(NCCNC(=O)c2cccnc2)s1. The average molecular weight is 262 g/mol. The summed E-state index contributed by atoms with van der Waals surface area (Å²) in [5.41, 5.74) is 0.572. The second-order valence-corrected chi connectivity index (χ2v) is 4.94. The normalized spacial score (nSPS) is 10.1. The molecule has 5 nitrogen and oxygen atoms in total. The maximum atomic E-state index is 11.7. The molecule has 0 aliphatic carbocycles. The summed E-state index contributed by atoms with van der Waals surface area (Å²) in [6.45, 7) is 3.21. The lowest BCUT2D eigenvalue weighted by Gasteiger charge is -2.05. The molecule has 2 N–H and O–H groups in total. The minimum absolute atomic E-state index is 0.111. The Morgan fingerprint density at radius 1 is 1.39 bits per heavy atom. The first kappa shape index (κ1) is 12.5. The molecule has 2 aromatic heterocycles. The molecule has 0 radical (unpaired) electrons. The van der Waals surface area contributed by atoms with Crippen molar-refractivity contribution in [2.24, 2.45) is 0 Å². The Kier molecular flexibility index (Phi) is 4.25. The van der Waals surface area contributed by atoms with Gasteiger partial charge in [-0.25, -0.2) is 4.98 Å². The number of pyridine rings is 1. The summed E-state index contributed by atoms with van der Waals surface area (Å²) in [6.07, 6.45) is 5.01. The lowest BCUT2D eigenvalue weighted by atomic mass is 10.3. The number of hydrogen-bond donors (Lipinski definition) is 2. The molecule has 0 aliphatic heterocycles. The summed E-state index contributed by atoms with van der Waals surface area (Å²) >= 11 is 1.60. The number of aryl methyl sites for hydroxylation is 1. The van der Waals surface area contributed by atoms with Crippen LogP contribution in [0.15, 0.2) is 30.7 Å². The molecule has 0 saturated carbocycles. The van der Waals surface area contributed by atoms with Crippen LogP contribution >= 0.6 is 11.3 Å². The molecular formula is C12H14N4OS. The lowest BCUT2D eigenvalue weighted by Crippen LogP contribution is -2.28. The zero-order chi connectivity index (χ0) is 12.8. The van der Waals surface area contributed by atoms with Gasteiger partial charge in [0.1, 0.15) is 0 Å². The van der Waals surface area contributed by atoms with E-state index in [4.69, 9.17) is 0 Å². The van der Waals surface area contributed by atoms with Gasteiger partial charge in [-0.15, -0.1) is 11.3 Å². The van der Waals surface area contributed by atoms with E-state index in [2.05, 4.69) is 20.6 Å². The summed E-state index contributed by atoms with van der Waals surface area (Å²) in [6, 6.07) is 3.48. The summed E-state index contributed by atoms with van der Waals surface area (Å²) < 4.78 is 0. The second kappa shape index (κ2) is 6.11. The van der Waals surface area contributed by atoms with Crippen LogP contribution in [0.1, 0.15) is 15.2 Å². The van der Waals surface area contributed by atoms with Crippen molar-refractivity contribution in [3.05, 3.63) is 41.2 Å². The van der Waals surface area contributed by atoms with Crippen molar-refractivity contribution in [2.45, 2.75) is 6.92 Å². The first-order chi connectivity index (χ1) is 8.75. The van der Waals surface area contributed by atoms with Gasteiger partial charge in [-0.05, 0) is 19.1 Å². The molecule has 0 spiro atoms. The van der Waals surface area contributed by atoms with Crippen LogP contribution < -0.4 is 10.6 Å². The fraction of sp³-hybridized carbons (Fsp3) is 0.250. The summed E-state index contributed by atoms with van der Waals surface area (Å²) in [5.74, 6) is -0.111. The van der Waals surface area contributed by atoms with Crippen LogP contribution in [0, 0.1) is 6.92 Å². The molecule has 2 heterocycles. The molecule has 18 heavy (non-hydrogen) atoms. The third-order valence-electron chi connectivity index (χ3n) is 2.23. The molecule has 6 heteroatoms. The van der Waals surface area contributed by atoms with Crippen LogP contribution in [0.5, 0.6) is 0 Å². The number of nitrogens with zero attached hydrogens (tertiary/aromatic N) is 2. The Hall–Kier alpha value is -1.95. The van der Waals surface area contributed by atoms with Crippen LogP contribution in [0.25, 0.3) is 0 Å². The molecule has 0 aromatic carbocycles. The predicted octanol–water partition coefficient (Wildman–Crippen LogP) is 1.69. The van der Waals surface area contributed by atoms with Gasteiger partial charge in [0.15, 0.2) is 5.13 Å². The zero-order valence-corrected chi connectivity index (χ0v) is 10.8. The van der Waals surface area contributed by atoms with Gasteiger partial charge in [0, 0.05) is 36.6 Å². The molecule has 0 atom stereocenters. The van der Waals surface area contributed by atoms with Crippen LogP contribution in [-0.2, 0) is 0 Å². The minimum atomic E-state index is -0.111. The molecular weight excluding hydrogens is 248 g/mol. The number of thiazole rings is 1. The van der Waals surface area contributed by atoms with E-state index >= 15 is 0 Å². The van der Waals surface area contributed by atoms with E-state index in [0.717, 1.165) is 10.0 Å². The molecule has 94 valence electrons. The molecule has 0 saturated heterocycles. The number of anilines is 1. The summed E-state index contributed by atoms with van der Waals surface area (Å²) in [5, 5.41) is 6.84. The maximum Gasteiger partial charge on any atom is 0.252 e. The molecule has 2 aromatic rings. The van der Waals surface area contributed by atoms with Gasteiger partial charge in [0.2, 0.25) is 0 Å². The van der Waals surface area contributed by atoms with E-state index in [9.17, 15) is 4.79 Å². The van der Waals surface area contributed by atoms with Gasteiger partial charge in [0.25, 0.3) is 5.91 Å². The highest BCUT2D eigenvalue weighted by molar-refractivity contribution is 7.15. The van der Waals surface area contributed by atoms with Gasteiger partial charge in [0.05, 0.1) is 5.56 Å². The van der Waals surface area contributed by atoms with Gasteiger partial charge >= 0.3 is 0 Å². The highest BCUT2D eigenvalue weighted by Gasteiger charge is 2.03. The first-order valence-electron chi connectivity index (χ1n) is 5.60. The van der Waals surface area contributed by atoms with Gasteiger partial charge in [-0.1, -0.05) is 0 Å². The number of amides is 1. The number of carbonyl (C=O) groups excluding carboxylic acids is 1. The van der Waals surface area contributed by atoms with E-state index in [1.165, 1.54) is 0 Å². The first-order valence-corrected chi connectivity index (χ1v) is 6.42. The third kappa shape index (κ3) is 3.53. The third-order valence-corrected chi connectivity index (χ3v) is 3.10. The summed E-state index contributed by atoms with van der Waals surface area (Å²) in [7, 11) is 0. The predicted molar refractivity (Wildman–Crippen MR) is 71.9 cm³/mol. The van der Waals surface area contributed by atoms with E-state index < -0.39 is 0 Å². The molecule has 2 rings (SSSR count). The largest absolute Gasteiger partial charge is 0.360 e. The van der Waals surface area contributed by atoms with Crippen LogP contribution in [0.2, 0.25) is 0 Å². The standard InChI is InChI=1S/C12H14N4OS/c1-9-7-16-12(18-9)15-6-5-14-11(17)10-3-2-4-13-8-10/h2-4,7-8H,5-6H2,1H3,(H,14,17)(H,15,16). The fourth-order valence-electron chi connectivity index (χ4n) is 1.38. The van der Waals surface area contributed by atoms with E-state index in [-0.39, 0.29) is 5.91 Å². The molecule has 1 amide bonds. The second-order valence-electron chi connectivity index (χ2n) is 3.70. The quantitative estimate of drug-likeness (QED) is 0.805. The summed E-state index contributed by atoms with van der Waals surface area (Å²) in [4.78, 5) is 20.9. The minimum Gasteiger partial charge on any atom is -0.360 e. The Balaban J connectivity index is 1.71. The number of aromatic nitrogens is 2. The van der Waals surface area contributed by atoms with Crippen molar-refractivity contribution in [1.29, 1.82) is 0 Å². The lowest BCUT2D eigenvalue weighted by molar-refractivity contribution is 0.0955. The molecule has 0 unspecified atom stereocenters. The van der Waals surface area contributed by atoms with Crippen molar-refractivity contribution in [3.63, 3.8) is 0 Å². The van der Waals surface area contributed by atoms with E-state index in [0.29, 0.717) is 18.7 Å². The Labute approximate surface area is 109 Å². The zero-order valence-electron chi connectivity index (χ0n) is 10.0. The fourth-order valence-corrected chi connectivity index (χ4v) is 2.07. The van der Waals surface area contributed by atoms with E-state index in [1.807, 2.05) is 13.1 Å². The van der Waals surface area contributed by atoms with Crippen molar-refractivity contribution in [3.8, 4) is 0 Å².